The summed E-state index contributed by atoms with van der Waals surface area (Å²) in [6.07, 6.45) is 0. The van der Waals surface area contributed by atoms with Crippen LogP contribution in [0.1, 0.15) is 23.1 Å². The molecule has 2 aromatic heterocycles. The van der Waals surface area contributed by atoms with Gasteiger partial charge in [0, 0.05) is 6.92 Å². The number of nitrogens with zero attached hydrogens (tertiary/aromatic N) is 4. The van der Waals surface area contributed by atoms with Gasteiger partial charge < -0.3 is 9.09 Å². The summed E-state index contributed by atoms with van der Waals surface area (Å²) in [6.45, 7) is 4.34. The molecule has 0 radical (unpaired) electrons. The van der Waals surface area contributed by atoms with Crippen molar-refractivity contribution in [2.45, 2.75) is 26.3 Å². The highest BCUT2D eigenvalue weighted by atomic mass is 35.5. The van der Waals surface area contributed by atoms with Crippen molar-refractivity contribution >= 4 is 22.6 Å². The quantitative estimate of drug-likeness (QED) is 0.690. The lowest BCUT2D eigenvalue weighted by molar-refractivity contribution is 0.386. The van der Waals surface area contributed by atoms with Gasteiger partial charge in [0.25, 0.3) is 0 Å². The van der Waals surface area contributed by atoms with E-state index in [1.54, 1.807) is 6.92 Å². The highest BCUT2D eigenvalue weighted by molar-refractivity contribution is 6.16. The summed E-state index contributed by atoms with van der Waals surface area (Å²) in [6, 6.07) is 6.13. The van der Waals surface area contributed by atoms with Crippen LogP contribution in [0.4, 0.5) is 0 Å². The fraction of sp³-hybridized carbons (Fsp3) is 0.308. The first-order valence-electron chi connectivity index (χ1n) is 5.98. The van der Waals surface area contributed by atoms with E-state index in [1.165, 1.54) is 5.56 Å². The zero-order chi connectivity index (χ0) is 13.4. The molecule has 0 bridgehead atoms. The van der Waals surface area contributed by atoms with Crippen molar-refractivity contribution in [3.8, 4) is 0 Å². The summed E-state index contributed by atoms with van der Waals surface area (Å²) in [5.74, 6) is 2.35. The van der Waals surface area contributed by atoms with Crippen LogP contribution in [0, 0.1) is 13.8 Å². The lowest BCUT2D eigenvalue weighted by Gasteiger charge is -2.04. The Labute approximate surface area is 115 Å². The third-order valence-corrected chi connectivity index (χ3v) is 3.21. The van der Waals surface area contributed by atoms with E-state index in [-0.39, 0.29) is 0 Å². The number of hydrogen-bond acceptors (Lipinski definition) is 4. The number of rotatable bonds is 3. The molecule has 3 aromatic rings. The smallest absolute Gasteiger partial charge is 0.223 e. The summed E-state index contributed by atoms with van der Waals surface area (Å²) < 4.78 is 7.02. The normalized spacial score (nSPS) is 11.3. The van der Waals surface area contributed by atoms with E-state index in [9.17, 15) is 0 Å². The van der Waals surface area contributed by atoms with Crippen LogP contribution in [0.25, 0.3) is 11.0 Å². The topological polar surface area (TPSA) is 56.7 Å². The van der Waals surface area contributed by atoms with Gasteiger partial charge in [0.15, 0.2) is 5.82 Å². The molecule has 5 nitrogen and oxygen atoms in total. The molecule has 0 aliphatic carbocycles. The van der Waals surface area contributed by atoms with Gasteiger partial charge in [0.05, 0.1) is 23.5 Å². The molecule has 0 saturated carbocycles. The molecule has 0 amide bonds. The monoisotopic (exact) mass is 276 g/mol. The maximum atomic E-state index is 5.97. The van der Waals surface area contributed by atoms with Gasteiger partial charge in [-0.2, -0.15) is 4.98 Å². The van der Waals surface area contributed by atoms with Gasteiger partial charge in [0.1, 0.15) is 5.82 Å². The van der Waals surface area contributed by atoms with Crippen LogP contribution in [0.15, 0.2) is 22.7 Å². The maximum absolute atomic E-state index is 5.97. The first-order chi connectivity index (χ1) is 9.17. The fourth-order valence-electron chi connectivity index (χ4n) is 2.11. The molecule has 0 saturated heterocycles. The summed E-state index contributed by atoms with van der Waals surface area (Å²) in [4.78, 5) is 8.74. The lowest BCUT2D eigenvalue weighted by atomic mass is 10.2. The third kappa shape index (κ3) is 2.21. The number of imidazole rings is 1. The Hall–Kier alpha value is -1.88. The van der Waals surface area contributed by atoms with Gasteiger partial charge >= 0.3 is 0 Å². The number of aryl methyl sites for hydroxylation is 2. The van der Waals surface area contributed by atoms with E-state index >= 15 is 0 Å². The predicted octanol–water partition coefficient (Wildman–Crippen LogP) is 2.82. The number of alkyl halides is 1. The van der Waals surface area contributed by atoms with Crippen molar-refractivity contribution < 1.29 is 4.52 Å². The van der Waals surface area contributed by atoms with Crippen molar-refractivity contribution in [2.75, 3.05) is 0 Å². The summed E-state index contributed by atoms with van der Waals surface area (Å²) >= 11 is 5.97. The Kier molecular flexibility index (Phi) is 2.98. The molecule has 0 aliphatic rings. The highest BCUT2D eigenvalue weighted by Crippen LogP contribution is 2.20. The highest BCUT2D eigenvalue weighted by Gasteiger charge is 2.13. The molecular formula is C13H13ClN4O. The predicted molar refractivity (Wildman–Crippen MR) is 72.2 cm³/mol. The van der Waals surface area contributed by atoms with E-state index in [1.807, 2.05) is 16.7 Å². The Balaban J connectivity index is 2.12. The minimum absolute atomic E-state index is 0.352. The summed E-state index contributed by atoms with van der Waals surface area (Å²) in [5, 5.41) is 3.92. The number of fused-ring (bicyclic) bond motifs is 1. The van der Waals surface area contributed by atoms with E-state index in [0.29, 0.717) is 24.1 Å². The van der Waals surface area contributed by atoms with Crippen LogP contribution in [0.2, 0.25) is 0 Å². The van der Waals surface area contributed by atoms with Gasteiger partial charge in [-0.3, -0.25) is 0 Å². The molecule has 98 valence electrons. The minimum Gasteiger partial charge on any atom is -0.340 e. The summed E-state index contributed by atoms with van der Waals surface area (Å²) in [7, 11) is 0. The van der Waals surface area contributed by atoms with Crippen molar-refractivity contribution in [3.63, 3.8) is 0 Å². The number of benzene rings is 1. The molecule has 0 spiro atoms. The van der Waals surface area contributed by atoms with Crippen LogP contribution < -0.4 is 0 Å². The van der Waals surface area contributed by atoms with Crippen LogP contribution in [-0.4, -0.2) is 19.7 Å². The van der Waals surface area contributed by atoms with Gasteiger partial charge in [0.2, 0.25) is 5.89 Å². The molecule has 2 heterocycles. The Morgan fingerprint density at radius 3 is 2.79 bits per heavy atom. The number of hydrogen-bond donors (Lipinski definition) is 0. The van der Waals surface area contributed by atoms with Crippen molar-refractivity contribution in [1.82, 2.24) is 19.7 Å². The van der Waals surface area contributed by atoms with Gasteiger partial charge in [-0.15, -0.1) is 11.6 Å². The standard InChI is InChI=1S/C13H13ClN4O/c1-8-3-4-10-11(5-8)18(13(6-14)16-10)7-12-15-9(2)19-17-12/h3-5H,6-7H2,1-2H3. The number of aromatic nitrogens is 4. The van der Waals surface area contributed by atoms with Crippen LogP contribution in [0.5, 0.6) is 0 Å². The van der Waals surface area contributed by atoms with Crippen LogP contribution >= 0.6 is 11.6 Å². The van der Waals surface area contributed by atoms with Crippen LogP contribution in [-0.2, 0) is 12.4 Å². The Morgan fingerprint density at radius 2 is 2.11 bits per heavy atom. The van der Waals surface area contributed by atoms with Gasteiger partial charge in [-0.25, -0.2) is 4.98 Å². The molecule has 6 heteroatoms. The van der Waals surface area contributed by atoms with Crippen LogP contribution in [0.3, 0.4) is 0 Å². The Bertz CT molecular complexity index is 731. The first-order valence-corrected chi connectivity index (χ1v) is 6.52. The molecule has 3 rings (SSSR count). The molecule has 0 N–H and O–H groups in total. The van der Waals surface area contributed by atoms with Gasteiger partial charge in [-0.05, 0) is 24.6 Å². The largest absolute Gasteiger partial charge is 0.340 e. The van der Waals surface area contributed by atoms with Crippen molar-refractivity contribution in [1.29, 1.82) is 0 Å². The van der Waals surface area contributed by atoms with Gasteiger partial charge in [-0.1, -0.05) is 11.2 Å². The molecule has 0 atom stereocenters. The molecule has 19 heavy (non-hydrogen) atoms. The zero-order valence-electron chi connectivity index (χ0n) is 10.7. The zero-order valence-corrected chi connectivity index (χ0v) is 11.5. The van der Waals surface area contributed by atoms with E-state index in [4.69, 9.17) is 16.1 Å². The molecule has 1 aromatic carbocycles. The average Bonchev–Trinajstić information content (AvgIpc) is 2.94. The second kappa shape index (κ2) is 4.66. The van der Waals surface area contributed by atoms with Crippen molar-refractivity contribution in [2.24, 2.45) is 0 Å². The SMILES string of the molecule is Cc1ccc2nc(CCl)n(Cc3noc(C)n3)c2c1. The molecule has 0 unspecified atom stereocenters. The van der Waals surface area contributed by atoms with Crippen molar-refractivity contribution in [3.05, 3.63) is 41.3 Å². The average molecular weight is 277 g/mol. The molecule has 0 fully saturated rings. The number of halogens is 1. The minimum atomic E-state index is 0.352. The Morgan fingerprint density at radius 1 is 1.26 bits per heavy atom. The van der Waals surface area contributed by atoms with E-state index in [0.717, 1.165) is 16.9 Å². The third-order valence-electron chi connectivity index (χ3n) is 2.97. The second-order valence-corrected chi connectivity index (χ2v) is 4.74. The summed E-state index contributed by atoms with van der Waals surface area (Å²) in [5.41, 5.74) is 3.15. The fourth-order valence-corrected chi connectivity index (χ4v) is 2.31. The lowest BCUT2D eigenvalue weighted by Crippen LogP contribution is -2.05. The molecule has 0 aliphatic heterocycles. The van der Waals surface area contributed by atoms with E-state index < -0.39 is 0 Å². The maximum Gasteiger partial charge on any atom is 0.223 e. The molecular weight excluding hydrogens is 264 g/mol. The van der Waals surface area contributed by atoms with E-state index in [2.05, 4.69) is 28.1 Å². The second-order valence-electron chi connectivity index (χ2n) is 4.47. The first kappa shape index (κ1) is 12.2.